The van der Waals surface area contributed by atoms with E-state index in [2.05, 4.69) is 226 Å². The average Bonchev–Trinajstić information content (AvgIpc) is 3.94. The van der Waals surface area contributed by atoms with Gasteiger partial charge in [-0.25, -0.2) is 4.99 Å². The minimum Gasteiger partial charge on any atom is -0.350 e. The highest BCUT2D eigenvalue weighted by Gasteiger charge is 2.33. The monoisotopic (exact) mass is 903 g/mol. The number of fused-ring (bicyclic) bond motifs is 12. The molecule has 15 rings (SSSR count). The molecule has 70 heavy (non-hydrogen) atoms. The van der Waals surface area contributed by atoms with Crippen LogP contribution in [-0.4, -0.2) is 15.0 Å². The van der Waals surface area contributed by atoms with Gasteiger partial charge in [0.15, 0.2) is 0 Å². The van der Waals surface area contributed by atoms with Gasteiger partial charge in [0.1, 0.15) is 18.2 Å². The molecule has 5 heteroatoms. The number of allylic oxidation sites excluding steroid dienone is 15. The molecule has 2 N–H and O–H groups in total. The van der Waals surface area contributed by atoms with E-state index in [0.29, 0.717) is 29.6 Å². The normalized spacial score (nSPS) is 25.6. The Labute approximate surface area is 408 Å². The molecule has 0 radical (unpaired) electrons. The SMILES string of the molecule is C1=CC2C=CC(C3=NC(c4ccc5c(c4)C4C=CC=CC4CC5)NC(c4cc(-n5c6c(c7ccccc75)=CC5CC=C(n7c8c(c9ccccc97)CCC=C8)C=C5C=6)cc5ccccc45)N3)=CC2C=C1. The molecule has 338 valence electrons. The second-order valence-corrected chi connectivity index (χ2v) is 20.5. The fraction of sp³-hybridized carbons (Fsp3) is 0.185. The van der Waals surface area contributed by atoms with Crippen LogP contribution in [0.3, 0.4) is 0 Å². The molecule has 0 bridgehead atoms. The smallest absolute Gasteiger partial charge is 0.131 e. The third kappa shape index (κ3) is 6.37. The molecular formula is C65H53N5. The van der Waals surface area contributed by atoms with Crippen molar-refractivity contribution in [2.24, 2.45) is 28.7 Å². The molecule has 7 unspecified atom stereocenters. The molecule has 7 atom stereocenters. The zero-order valence-electron chi connectivity index (χ0n) is 39.0. The van der Waals surface area contributed by atoms with Gasteiger partial charge in [0.05, 0.1) is 16.4 Å². The number of hydrogen-bond acceptors (Lipinski definition) is 3. The Hall–Kier alpha value is -7.73. The molecule has 0 fully saturated rings. The number of aliphatic imine (C=N–C) groups is 1. The van der Waals surface area contributed by atoms with E-state index in [9.17, 15) is 0 Å². The highest BCUT2D eigenvalue weighted by atomic mass is 15.3. The van der Waals surface area contributed by atoms with Crippen LogP contribution < -0.4 is 21.2 Å². The number of aryl methyl sites for hydroxylation is 2. The van der Waals surface area contributed by atoms with Crippen molar-refractivity contribution in [3.8, 4) is 5.69 Å². The minimum atomic E-state index is -0.259. The van der Waals surface area contributed by atoms with Crippen molar-refractivity contribution in [1.82, 2.24) is 19.8 Å². The van der Waals surface area contributed by atoms with Crippen LogP contribution in [0.2, 0.25) is 0 Å². The predicted octanol–water partition coefficient (Wildman–Crippen LogP) is 12.7. The van der Waals surface area contributed by atoms with Gasteiger partial charge in [0.2, 0.25) is 0 Å². The first kappa shape index (κ1) is 40.2. The molecule has 2 aromatic heterocycles. The van der Waals surface area contributed by atoms with E-state index in [1.807, 2.05) is 0 Å². The number of nitrogens with zero attached hydrogens (tertiary/aromatic N) is 3. The van der Waals surface area contributed by atoms with E-state index in [-0.39, 0.29) is 12.3 Å². The lowest BCUT2D eigenvalue weighted by Gasteiger charge is -2.36. The first-order valence-electron chi connectivity index (χ1n) is 25.6. The topological polar surface area (TPSA) is 46.3 Å². The number of amidine groups is 1. The highest BCUT2D eigenvalue weighted by Crippen LogP contribution is 2.43. The fourth-order valence-electron chi connectivity index (χ4n) is 13.2. The summed E-state index contributed by atoms with van der Waals surface area (Å²) in [7, 11) is 0. The van der Waals surface area contributed by atoms with E-state index in [0.717, 1.165) is 42.8 Å². The van der Waals surface area contributed by atoms with E-state index < -0.39 is 0 Å². The molecule has 7 aliphatic carbocycles. The number of rotatable bonds is 5. The van der Waals surface area contributed by atoms with Crippen LogP contribution in [-0.2, 0) is 12.8 Å². The van der Waals surface area contributed by atoms with Crippen molar-refractivity contribution < 1.29 is 0 Å². The van der Waals surface area contributed by atoms with Crippen molar-refractivity contribution >= 4 is 62.3 Å². The van der Waals surface area contributed by atoms with Crippen LogP contribution in [0, 0.1) is 23.7 Å². The summed E-state index contributed by atoms with van der Waals surface area (Å²) in [6, 6.07) is 38.9. The third-order valence-electron chi connectivity index (χ3n) is 16.6. The Morgan fingerprint density at radius 3 is 2.40 bits per heavy atom. The fourth-order valence-corrected chi connectivity index (χ4v) is 13.2. The van der Waals surface area contributed by atoms with Crippen LogP contribution in [0.25, 0.3) is 62.2 Å². The van der Waals surface area contributed by atoms with Gasteiger partial charge < -0.3 is 14.5 Å². The Balaban J connectivity index is 0.877. The van der Waals surface area contributed by atoms with E-state index >= 15 is 0 Å². The van der Waals surface area contributed by atoms with Crippen LogP contribution in [0.1, 0.15) is 71.0 Å². The van der Waals surface area contributed by atoms with Gasteiger partial charge in [0.25, 0.3) is 0 Å². The lowest BCUT2D eigenvalue weighted by atomic mass is 9.73. The third-order valence-corrected chi connectivity index (χ3v) is 16.6. The maximum atomic E-state index is 5.57. The molecule has 8 aliphatic rings. The van der Waals surface area contributed by atoms with E-state index in [4.69, 9.17) is 4.99 Å². The summed E-state index contributed by atoms with van der Waals surface area (Å²) in [5, 5.41) is 15.7. The standard InChI is InChI=1S/C65H53N5/c1-2-15-43-33-46(29-25-40(43)13-1)63-66-64(47-30-28-42-27-26-41-14-3-5-17-51(41)56(42)37-47)68-65(67-63)58-39-50(34-45-16-4-6-18-52(45)58)70-61-24-12-9-21-55(61)57-36-44-31-32-49(35-48(44)38-62(57)70)69-59-22-10-7-19-53(59)54-20-8-11-23-60(54)69/h1-7,9-19,21-25,28-30,32-41,43-44,51,64-65,68H,8,20,26-27,31H2,(H,66,67). The Morgan fingerprint density at radius 1 is 0.657 bits per heavy atom. The highest BCUT2D eigenvalue weighted by molar-refractivity contribution is 6.02. The largest absolute Gasteiger partial charge is 0.350 e. The van der Waals surface area contributed by atoms with E-state index in [1.165, 1.54) is 94.3 Å². The first-order valence-corrected chi connectivity index (χ1v) is 25.6. The molecule has 0 amide bonds. The Kier molecular flexibility index (Phi) is 9.13. The maximum Gasteiger partial charge on any atom is 0.131 e. The molecule has 5 aromatic carbocycles. The van der Waals surface area contributed by atoms with Gasteiger partial charge >= 0.3 is 0 Å². The number of nitrogens with one attached hydrogen (secondary N) is 2. The number of aromatic nitrogens is 2. The molecule has 0 saturated heterocycles. The number of hydrogen-bond donors (Lipinski definition) is 2. The van der Waals surface area contributed by atoms with Crippen LogP contribution in [0.4, 0.5) is 0 Å². The van der Waals surface area contributed by atoms with Gasteiger partial charge in [-0.05, 0) is 125 Å². The summed E-state index contributed by atoms with van der Waals surface area (Å²) in [6.45, 7) is 0. The van der Waals surface area contributed by atoms with Crippen LogP contribution >= 0.6 is 0 Å². The van der Waals surface area contributed by atoms with Gasteiger partial charge in [-0.15, -0.1) is 0 Å². The summed E-state index contributed by atoms with van der Waals surface area (Å²) in [6.07, 6.45) is 44.9. The van der Waals surface area contributed by atoms with Gasteiger partial charge in [-0.2, -0.15) is 0 Å². The minimum absolute atomic E-state index is 0.236. The second kappa shape index (κ2) is 15.9. The summed E-state index contributed by atoms with van der Waals surface area (Å²) < 4.78 is 5.04. The Morgan fingerprint density at radius 2 is 1.47 bits per heavy atom. The molecule has 0 saturated carbocycles. The van der Waals surface area contributed by atoms with Crippen molar-refractivity contribution in [2.45, 2.75) is 50.4 Å². The van der Waals surface area contributed by atoms with Gasteiger partial charge in [-0.3, -0.25) is 5.32 Å². The molecule has 0 spiro atoms. The molecule has 3 heterocycles. The Bertz CT molecular complexity index is 3870. The van der Waals surface area contributed by atoms with Gasteiger partial charge in [-0.1, -0.05) is 164 Å². The van der Waals surface area contributed by atoms with Crippen LogP contribution in [0.15, 0.2) is 204 Å². The van der Waals surface area contributed by atoms with E-state index in [1.54, 1.807) is 0 Å². The number of para-hydroxylation sites is 2. The molecule has 7 aromatic rings. The molecular weight excluding hydrogens is 851 g/mol. The molecule has 5 nitrogen and oxygen atoms in total. The molecule has 1 aliphatic heterocycles. The first-order chi connectivity index (χ1) is 34.7. The summed E-state index contributed by atoms with van der Waals surface area (Å²) >= 11 is 0. The second-order valence-electron chi connectivity index (χ2n) is 20.5. The quantitative estimate of drug-likeness (QED) is 0.181. The van der Waals surface area contributed by atoms with Crippen molar-refractivity contribution in [3.63, 3.8) is 0 Å². The van der Waals surface area contributed by atoms with Crippen LogP contribution in [0.5, 0.6) is 0 Å². The lowest BCUT2D eigenvalue weighted by Crippen LogP contribution is -2.45. The summed E-state index contributed by atoms with van der Waals surface area (Å²) in [5.74, 6) is 2.84. The average molecular weight is 904 g/mol. The van der Waals surface area contributed by atoms with Crippen molar-refractivity contribution in [1.29, 1.82) is 0 Å². The number of benzene rings is 5. The van der Waals surface area contributed by atoms with Gasteiger partial charge in [0, 0.05) is 62.3 Å². The van der Waals surface area contributed by atoms with Crippen molar-refractivity contribution in [3.05, 3.63) is 243 Å². The predicted molar refractivity (Wildman–Crippen MR) is 290 cm³/mol. The maximum absolute atomic E-state index is 5.57. The summed E-state index contributed by atoms with van der Waals surface area (Å²) in [4.78, 5) is 5.57. The zero-order chi connectivity index (χ0) is 45.9. The van der Waals surface area contributed by atoms with Crippen molar-refractivity contribution in [2.75, 3.05) is 0 Å². The summed E-state index contributed by atoms with van der Waals surface area (Å²) in [5.41, 5.74) is 15.5. The lowest BCUT2D eigenvalue weighted by molar-refractivity contribution is 0.409. The zero-order valence-corrected chi connectivity index (χ0v) is 39.0.